The van der Waals surface area contributed by atoms with E-state index in [1.165, 1.54) is 0 Å². The second-order valence-corrected chi connectivity index (χ2v) is 6.43. The minimum atomic E-state index is -0.532. The van der Waals surface area contributed by atoms with Gasteiger partial charge < -0.3 is 19.5 Å². The van der Waals surface area contributed by atoms with Gasteiger partial charge in [0.15, 0.2) is 11.5 Å². The zero-order valence-corrected chi connectivity index (χ0v) is 15.3. The average Bonchev–Trinajstić information content (AvgIpc) is 2.72. The van der Waals surface area contributed by atoms with Crippen molar-refractivity contribution in [2.24, 2.45) is 0 Å². The molecule has 1 aliphatic rings. The van der Waals surface area contributed by atoms with Gasteiger partial charge >= 0.3 is 0 Å². The maximum Gasteiger partial charge on any atom is 0.231 e. The standard InChI is InChI=1S/C21H25NO4/c1-24-18-9-8-16(14-19(18)25-2)15-22-20(23)21(10-12-26-13-11-21)17-6-4-3-5-7-17/h3-9,14H,10-13,15H2,1-2H3,(H,22,23). The summed E-state index contributed by atoms with van der Waals surface area (Å²) in [4.78, 5) is 13.1. The Labute approximate surface area is 154 Å². The van der Waals surface area contributed by atoms with E-state index < -0.39 is 5.41 Å². The minimum absolute atomic E-state index is 0.0433. The molecule has 138 valence electrons. The van der Waals surface area contributed by atoms with Crippen LogP contribution >= 0.6 is 0 Å². The van der Waals surface area contributed by atoms with Gasteiger partial charge in [0.05, 0.1) is 19.6 Å². The Balaban J connectivity index is 1.77. The van der Waals surface area contributed by atoms with Gasteiger partial charge in [0.1, 0.15) is 0 Å². The Kier molecular flexibility index (Phi) is 5.78. The summed E-state index contributed by atoms with van der Waals surface area (Å²) in [5, 5.41) is 3.11. The van der Waals surface area contributed by atoms with Gasteiger partial charge in [0, 0.05) is 19.8 Å². The highest BCUT2D eigenvalue weighted by Gasteiger charge is 2.41. The molecule has 3 rings (SSSR count). The number of hydrogen-bond donors (Lipinski definition) is 1. The van der Waals surface area contributed by atoms with E-state index in [1.54, 1.807) is 14.2 Å². The maximum absolute atomic E-state index is 13.1. The van der Waals surface area contributed by atoms with E-state index in [0.29, 0.717) is 44.1 Å². The van der Waals surface area contributed by atoms with Gasteiger partial charge in [-0.3, -0.25) is 4.79 Å². The van der Waals surface area contributed by atoms with Gasteiger partial charge in [-0.2, -0.15) is 0 Å². The van der Waals surface area contributed by atoms with Gasteiger partial charge in [-0.25, -0.2) is 0 Å². The molecule has 0 aliphatic carbocycles. The number of nitrogens with one attached hydrogen (secondary N) is 1. The number of ether oxygens (including phenoxy) is 3. The molecule has 5 nitrogen and oxygen atoms in total. The van der Waals surface area contributed by atoms with E-state index in [1.807, 2.05) is 48.5 Å². The third-order valence-electron chi connectivity index (χ3n) is 5.01. The van der Waals surface area contributed by atoms with Crippen molar-refractivity contribution in [1.29, 1.82) is 0 Å². The largest absolute Gasteiger partial charge is 0.493 e. The van der Waals surface area contributed by atoms with Crippen LogP contribution in [0.25, 0.3) is 0 Å². The first kappa shape index (κ1) is 18.3. The molecular formula is C21H25NO4. The molecular weight excluding hydrogens is 330 g/mol. The quantitative estimate of drug-likeness (QED) is 0.865. The monoisotopic (exact) mass is 355 g/mol. The van der Waals surface area contributed by atoms with Crippen molar-refractivity contribution in [3.05, 3.63) is 59.7 Å². The molecule has 1 heterocycles. The second kappa shape index (κ2) is 8.23. The normalized spacial score (nSPS) is 15.9. The number of rotatable bonds is 6. The summed E-state index contributed by atoms with van der Waals surface area (Å²) < 4.78 is 16.1. The van der Waals surface area contributed by atoms with Crippen molar-refractivity contribution in [2.75, 3.05) is 27.4 Å². The third-order valence-corrected chi connectivity index (χ3v) is 5.01. The molecule has 0 atom stereocenters. The van der Waals surface area contributed by atoms with Gasteiger partial charge in [0.25, 0.3) is 0 Å². The van der Waals surface area contributed by atoms with Crippen LogP contribution in [0.5, 0.6) is 11.5 Å². The van der Waals surface area contributed by atoms with E-state index >= 15 is 0 Å². The predicted octanol–water partition coefficient (Wildman–Crippen LogP) is 3.07. The van der Waals surface area contributed by atoms with Gasteiger partial charge in [0.2, 0.25) is 5.91 Å². The number of amides is 1. The number of carbonyl (C=O) groups is 1. The molecule has 1 N–H and O–H groups in total. The Hall–Kier alpha value is -2.53. The Morgan fingerprint density at radius 1 is 1.04 bits per heavy atom. The number of benzene rings is 2. The summed E-state index contributed by atoms with van der Waals surface area (Å²) in [5.41, 5.74) is 1.48. The fourth-order valence-electron chi connectivity index (χ4n) is 3.47. The molecule has 1 saturated heterocycles. The van der Waals surface area contributed by atoms with Gasteiger partial charge in [-0.05, 0) is 36.1 Å². The zero-order valence-electron chi connectivity index (χ0n) is 15.3. The maximum atomic E-state index is 13.1. The summed E-state index contributed by atoms with van der Waals surface area (Å²) in [6.45, 7) is 1.63. The molecule has 1 fully saturated rings. The first-order valence-corrected chi connectivity index (χ1v) is 8.82. The Morgan fingerprint density at radius 3 is 2.38 bits per heavy atom. The lowest BCUT2D eigenvalue weighted by atomic mass is 9.73. The lowest BCUT2D eigenvalue weighted by Crippen LogP contribution is -2.47. The Bertz CT molecular complexity index is 739. The smallest absolute Gasteiger partial charge is 0.231 e. The molecule has 26 heavy (non-hydrogen) atoms. The highest BCUT2D eigenvalue weighted by atomic mass is 16.5. The number of methoxy groups -OCH3 is 2. The lowest BCUT2D eigenvalue weighted by Gasteiger charge is -2.36. The first-order valence-electron chi connectivity index (χ1n) is 8.82. The zero-order chi connectivity index (χ0) is 18.4. The highest BCUT2D eigenvalue weighted by molar-refractivity contribution is 5.88. The summed E-state index contributed by atoms with van der Waals surface area (Å²) in [5.74, 6) is 1.37. The van der Waals surface area contributed by atoms with Crippen LogP contribution in [-0.4, -0.2) is 33.3 Å². The van der Waals surface area contributed by atoms with Crippen LogP contribution in [0.2, 0.25) is 0 Å². The fraction of sp³-hybridized carbons (Fsp3) is 0.381. The lowest BCUT2D eigenvalue weighted by molar-refractivity contribution is -0.130. The van der Waals surface area contributed by atoms with Crippen LogP contribution in [0.3, 0.4) is 0 Å². The van der Waals surface area contributed by atoms with Crippen molar-refractivity contribution >= 4 is 5.91 Å². The van der Waals surface area contributed by atoms with Crippen LogP contribution in [0.15, 0.2) is 48.5 Å². The molecule has 5 heteroatoms. The highest BCUT2D eigenvalue weighted by Crippen LogP contribution is 2.35. The topological polar surface area (TPSA) is 56.8 Å². The summed E-state index contributed by atoms with van der Waals surface area (Å²) in [7, 11) is 3.21. The van der Waals surface area contributed by atoms with Gasteiger partial charge in [-0.15, -0.1) is 0 Å². The SMILES string of the molecule is COc1ccc(CNC(=O)C2(c3ccccc3)CCOCC2)cc1OC. The third kappa shape index (κ3) is 3.68. The van der Waals surface area contributed by atoms with Gasteiger partial charge in [-0.1, -0.05) is 36.4 Å². The van der Waals surface area contributed by atoms with Crippen molar-refractivity contribution in [3.8, 4) is 11.5 Å². The molecule has 0 spiro atoms. The Morgan fingerprint density at radius 2 is 1.73 bits per heavy atom. The molecule has 0 aromatic heterocycles. The molecule has 0 saturated carbocycles. The predicted molar refractivity (Wildman–Crippen MR) is 99.6 cm³/mol. The fourth-order valence-corrected chi connectivity index (χ4v) is 3.47. The van der Waals surface area contributed by atoms with E-state index in [4.69, 9.17) is 14.2 Å². The van der Waals surface area contributed by atoms with Crippen LogP contribution in [0, 0.1) is 0 Å². The van der Waals surface area contributed by atoms with Crippen molar-refractivity contribution in [2.45, 2.75) is 24.8 Å². The second-order valence-electron chi connectivity index (χ2n) is 6.43. The van der Waals surface area contributed by atoms with E-state index in [-0.39, 0.29) is 5.91 Å². The summed E-state index contributed by atoms with van der Waals surface area (Å²) in [6.07, 6.45) is 1.38. The van der Waals surface area contributed by atoms with E-state index in [2.05, 4.69) is 5.32 Å². The van der Waals surface area contributed by atoms with Crippen LogP contribution < -0.4 is 14.8 Å². The van der Waals surface area contributed by atoms with Crippen molar-refractivity contribution in [3.63, 3.8) is 0 Å². The van der Waals surface area contributed by atoms with Crippen LogP contribution in [0.4, 0.5) is 0 Å². The van der Waals surface area contributed by atoms with Crippen LogP contribution in [-0.2, 0) is 21.5 Å². The summed E-state index contributed by atoms with van der Waals surface area (Å²) >= 11 is 0. The number of carbonyl (C=O) groups excluding carboxylic acids is 1. The van der Waals surface area contributed by atoms with Crippen molar-refractivity contribution in [1.82, 2.24) is 5.32 Å². The average molecular weight is 355 g/mol. The molecule has 0 unspecified atom stereocenters. The minimum Gasteiger partial charge on any atom is -0.493 e. The molecule has 2 aromatic carbocycles. The number of hydrogen-bond acceptors (Lipinski definition) is 4. The molecule has 0 radical (unpaired) electrons. The van der Waals surface area contributed by atoms with E-state index in [9.17, 15) is 4.79 Å². The first-order chi connectivity index (χ1) is 12.7. The molecule has 2 aromatic rings. The van der Waals surface area contributed by atoms with Crippen molar-refractivity contribution < 1.29 is 19.0 Å². The van der Waals surface area contributed by atoms with E-state index in [0.717, 1.165) is 11.1 Å². The van der Waals surface area contributed by atoms with Crippen LogP contribution in [0.1, 0.15) is 24.0 Å². The summed E-state index contributed by atoms with van der Waals surface area (Å²) in [6, 6.07) is 15.7. The molecule has 0 bridgehead atoms. The molecule has 1 amide bonds. The molecule has 1 aliphatic heterocycles.